The third-order valence-corrected chi connectivity index (χ3v) is 4.77. The minimum absolute atomic E-state index is 0.105. The molecule has 0 radical (unpaired) electrons. The van der Waals surface area contributed by atoms with Crippen LogP contribution in [0.4, 0.5) is 4.39 Å². The second kappa shape index (κ2) is 6.16. The molecule has 0 spiro atoms. The van der Waals surface area contributed by atoms with E-state index in [9.17, 15) is 4.39 Å². The fraction of sp³-hybridized carbons (Fsp3) is 0.333. The highest BCUT2D eigenvalue weighted by Crippen LogP contribution is 2.32. The van der Waals surface area contributed by atoms with E-state index in [0.717, 1.165) is 15.9 Å². The maximum atomic E-state index is 13.7. The minimum Gasteiger partial charge on any atom is -0.306 e. The molecule has 1 heterocycles. The lowest BCUT2D eigenvalue weighted by Crippen LogP contribution is -2.21. The zero-order valence-electron chi connectivity index (χ0n) is 11.3. The van der Waals surface area contributed by atoms with Gasteiger partial charge in [0.2, 0.25) is 0 Å². The second-order valence-electron chi connectivity index (χ2n) is 4.60. The lowest BCUT2D eigenvalue weighted by molar-refractivity contribution is 0.600. The lowest BCUT2D eigenvalue weighted by atomic mass is 9.99. The van der Waals surface area contributed by atoms with Crippen molar-refractivity contribution in [3.05, 3.63) is 55.4 Å². The van der Waals surface area contributed by atoms with Crippen molar-refractivity contribution < 1.29 is 4.39 Å². The normalized spacial score (nSPS) is 12.7. The van der Waals surface area contributed by atoms with E-state index in [4.69, 9.17) is 0 Å². The van der Waals surface area contributed by atoms with Crippen molar-refractivity contribution in [2.45, 2.75) is 26.8 Å². The Hall–Kier alpha value is -0.710. The van der Waals surface area contributed by atoms with Crippen LogP contribution in [0.25, 0.3) is 0 Å². The summed E-state index contributed by atoms with van der Waals surface area (Å²) in [6.07, 6.45) is 0. The van der Waals surface area contributed by atoms with E-state index in [0.29, 0.717) is 11.1 Å². The molecule has 4 heteroatoms. The van der Waals surface area contributed by atoms with Gasteiger partial charge < -0.3 is 5.32 Å². The van der Waals surface area contributed by atoms with Gasteiger partial charge in [-0.05, 0) is 65.1 Å². The summed E-state index contributed by atoms with van der Waals surface area (Å²) in [7, 11) is 0. The maximum absolute atomic E-state index is 13.7. The summed E-state index contributed by atoms with van der Waals surface area (Å²) in [6.45, 7) is 6.59. The second-order valence-corrected chi connectivity index (χ2v) is 7.10. The predicted octanol–water partition coefficient (Wildman–Crippen LogP) is 4.97. The van der Waals surface area contributed by atoms with Gasteiger partial charge in [0.05, 0.1) is 9.83 Å². The van der Waals surface area contributed by atoms with Gasteiger partial charge in [-0.25, -0.2) is 4.39 Å². The van der Waals surface area contributed by atoms with Gasteiger partial charge in [0.25, 0.3) is 0 Å². The Balaban J connectivity index is 2.44. The number of nitrogens with one attached hydrogen (secondary N) is 1. The molecule has 0 aliphatic carbocycles. The molecule has 1 aromatic heterocycles. The summed E-state index contributed by atoms with van der Waals surface area (Å²) in [6, 6.07) is 8.15. The average molecular weight is 342 g/mol. The topological polar surface area (TPSA) is 12.0 Å². The molecule has 0 amide bonds. The molecule has 0 saturated carbocycles. The van der Waals surface area contributed by atoms with E-state index in [-0.39, 0.29) is 11.9 Å². The highest BCUT2D eigenvalue weighted by Gasteiger charge is 2.17. The predicted molar refractivity (Wildman–Crippen MR) is 83.4 cm³/mol. The molecule has 1 nitrogen and oxygen atoms in total. The van der Waals surface area contributed by atoms with Crippen molar-refractivity contribution in [2.24, 2.45) is 0 Å². The number of aryl methyl sites for hydroxylation is 2. The molecule has 0 aliphatic rings. The first-order chi connectivity index (χ1) is 9.02. The van der Waals surface area contributed by atoms with E-state index >= 15 is 0 Å². The van der Waals surface area contributed by atoms with E-state index in [2.05, 4.69) is 34.2 Å². The third-order valence-electron chi connectivity index (χ3n) is 3.08. The summed E-state index contributed by atoms with van der Waals surface area (Å²) in [5, 5.41) is 3.47. The molecule has 2 rings (SSSR count). The van der Waals surface area contributed by atoms with E-state index in [1.165, 1.54) is 4.88 Å². The molecule has 19 heavy (non-hydrogen) atoms. The Morgan fingerprint density at radius 3 is 2.37 bits per heavy atom. The molecular weight excluding hydrogens is 325 g/mol. The Labute approximate surface area is 126 Å². The molecule has 2 aromatic rings. The van der Waals surface area contributed by atoms with Crippen LogP contribution in [0.5, 0.6) is 0 Å². The fourth-order valence-electron chi connectivity index (χ4n) is 2.22. The van der Waals surface area contributed by atoms with Crippen LogP contribution < -0.4 is 5.32 Å². The first-order valence-corrected chi connectivity index (χ1v) is 7.89. The van der Waals surface area contributed by atoms with Crippen LogP contribution in [-0.4, -0.2) is 6.54 Å². The van der Waals surface area contributed by atoms with Gasteiger partial charge in [0.15, 0.2) is 0 Å². The molecule has 0 bridgehead atoms. The summed E-state index contributed by atoms with van der Waals surface area (Å²) in [5.74, 6) is -0.105. The minimum atomic E-state index is -0.105. The molecule has 0 fully saturated rings. The van der Waals surface area contributed by atoms with Crippen molar-refractivity contribution in [1.29, 1.82) is 0 Å². The first kappa shape index (κ1) is 14.7. The van der Waals surface area contributed by atoms with Crippen LogP contribution >= 0.6 is 27.3 Å². The van der Waals surface area contributed by atoms with Crippen LogP contribution in [0.3, 0.4) is 0 Å². The summed E-state index contributed by atoms with van der Waals surface area (Å²) < 4.78 is 14.9. The van der Waals surface area contributed by atoms with Crippen molar-refractivity contribution in [1.82, 2.24) is 5.32 Å². The van der Waals surface area contributed by atoms with Crippen molar-refractivity contribution in [3.8, 4) is 0 Å². The molecule has 1 N–H and O–H groups in total. The molecule has 1 aromatic carbocycles. The smallest absolute Gasteiger partial charge is 0.129 e. The maximum Gasteiger partial charge on any atom is 0.129 e. The number of halogens is 2. The van der Waals surface area contributed by atoms with Crippen molar-refractivity contribution in [2.75, 3.05) is 6.54 Å². The SMILES string of the molecule is CCNC(c1cc(C)c(F)c(C)c1)c1ccc(Br)s1. The number of hydrogen-bond donors (Lipinski definition) is 1. The summed E-state index contributed by atoms with van der Waals surface area (Å²) in [5.41, 5.74) is 2.52. The van der Waals surface area contributed by atoms with E-state index in [1.807, 2.05) is 32.0 Å². The molecule has 0 aliphatic heterocycles. The molecule has 102 valence electrons. The van der Waals surface area contributed by atoms with Crippen LogP contribution in [0, 0.1) is 19.7 Å². The van der Waals surface area contributed by atoms with Gasteiger partial charge in [0, 0.05) is 4.88 Å². The lowest BCUT2D eigenvalue weighted by Gasteiger charge is -2.18. The van der Waals surface area contributed by atoms with Crippen molar-refractivity contribution >= 4 is 27.3 Å². The zero-order chi connectivity index (χ0) is 14.0. The molecule has 0 saturated heterocycles. The molecule has 1 unspecified atom stereocenters. The van der Waals surface area contributed by atoms with E-state index in [1.54, 1.807) is 11.3 Å². The fourth-order valence-corrected chi connectivity index (χ4v) is 3.74. The number of benzene rings is 1. The number of thiophene rings is 1. The van der Waals surface area contributed by atoms with Gasteiger partial charge in [-0.1, -0.05) is 19.1 Å². The van der Waals surface area contributed by atoms with Gasteiger partial charge in [-0.15, -0.1) is 11.3 Å². The summed E-state index contributed by atoms with van der Waals surface area (Å²) >= 11 is 5.20. The molecular formula is C15H17BrFNS. The quantitative estimate of drug-likeness (QED) is 0.828. The largest absolute Gasteiger partial charge is 0.306 e. The van der Waals surface area contributed by atoms with Crippen LogP contribution in [-0.2, 0) is 0 Å². The monoisotopic (exact) mass is 341 g/mol. The number of rotatable bonds is 4. The van der Waals surface area contributed by atoms with Gasteiger partial charge in [-0.2, -0.15) is 0 Å². The highest BCUT2D eigenvalue weighted by atomic mass is 79.9. The van der Waals surface area contributed by atoms with Gasteiger partial charge in [0.1, 0.15) is 5.82 Å². The van der Waals surface area contributed by atoms with Gasteiger partial charge in [-0.3, -0.25) is 0 Å². The van der Waals surface area contributed by atoms with Crippen molar-refractivity contribution in [3.63, 3.8) is 0 Å². The molecule has 1 atom stereocenters. The third kappa shape index (κ3) is 3.25. The van der Waals surface area contributed by atoms with Crippen LogP contribution in [0.2, 0.25) is 0 Å². The Bertz CT molecular complexity index is 556. The first-order valence-electron chi connectivity index (χ1n) is 6.28. The standard InChI is InChI=1S/C15H17BrFNS/c1-4-18-15(12-5-6-13(16)19-12)11-7-9(2)14(17)10(3)8-11/h5-8,15,18H,4H2,1-3H3. The van der Waals surface area contributed by atoms with Crippen LogP contribution in [0.1, 0.15) is 34.5 Å². The van der Waals surface area contributed by atoms with Gasteiger partial charge >= 0.3 is 0 Å². The Kier molecular flexibility index (Phi) is 4.76. The van der Waals surface area contributed by atoms with Crippen LogP contribution in [0.15, 0.2) is 28.1 Å². The Morgan fingerprint density at radius 1 is 1.26 bits per heavy atom. The Morgan fingerprint density at radius 2 is 1.89 bits per heavy atom. The zero-order valence-corrected chi connectivity index (χ0v) is 13.7. The summed E-state index contributed by atoms with van der Waals surface area (Å²) in [4.78, 5) is 1.24. The average Bonchev–Trinajstić information content (AvgIpc) is 2.79. The van der Waals surface area contributed by atoms with E-state index < -0.39 is 0 Å². The highest BCUT2D eigenvalue weighted by molar-refractivity contribution is 9.11. The number of hydrogen-bond acceptors (Lipinski definition) is 2.